The van der Waals surface area contributed by atoms with E-state index in [-0.39, 0.29) is 6.61 Å². The predicted molar refractivity (Wildman–Crippen MR) is 97.3 cm³/mol. The number of ether oxygens (including phenoxy) is 5. The minimum absolute atomic E-state index is 0.223. The van der Waals surface area contributed by atoms with Crippen LogP contribution in [-0.4, -0.2) is 55.5 Å². The monoisotopic (exact) mass is 386 g/mol. The third kappa shape index (κ3) is 3.80. The highest BCUT2D eigenvalue weighted by Gasteiger charge is 2.51. The number of methoxy groups -OCH3 is 1. The summed E-state index contributed by atoms with van der Waals surface area (Å²) in [6.45, 7) is 0.223. The van der Waals surface area contributed by atoms with Crippen molar-refractivity contribution in [3.05, 3.63) is 71.8 Å². The number of carbonyl (C=O) groups is 1. The van der Waals surface area contributed by atoms with Crippen LogP contribution in [0.25, 0.3) is 0 Å². The second-order valence-electron chi connectivity index (χ2n) is 6.68. The molecule has 1 N–H and O–H groups in total. The maximum atomic E-state index is 12.5. The second-order valence-corrected chi connectivity index (χ2v) is 6.68. The van der Waals surface area contributed by atoms with E-state index < -0.39 is 43.0 Å². The Bertz CT molecular complexity index is 782. The van der Waals surface area contributed by atoms with E-state index in [1.807, 2.05) is 30.3 Å². The van der Waals surface area contributed by atoms with Crippen LogP contribution >= 0.6 is 0 Å². The molecule has 148 valence electrons. The number of hydrogen-bond acceptors (Lipinski definition) is 7. The van der Waals surface area contributed by atoms with Crippen molar-refractivity contribution in [1.82, 2.24) is 0 Å². The lowest BCUT2D eigenvalue weighted by Crippen LogP contribution is -2.63. The lowest BCUT2D eigenvalue weighted by molar-refractivity contribution is -0.357. The van der Waals surface area contributed by atoms with Crippen LogP contribution in [0, 0.1) is 0 Å². The zero-order valence-electron chi connectivity index (χ0n) is 15.3. The van der Waals surface area contributed by atoms with Crippen molar-refractivity contribution < 1.29 is 33.6 Å². The number of benzene rings is 2. The second kappa shape index (κ2) is 8.38. The summed E-state index contributed by atoms with van der Waals surface area (Å²) in [6.07, 6.45) is -4.99. The molecule has 0 aliphatic carbocycles. The molecule has 2 aliphatic rings. The summed E-state index contributed by atoms with van der Waals surface area (Å²) in [7, 11) is 1.43. The molecule has 2 aliphatic heterocycles. The first-order chi connectivity index (χ1) is 13.7. The van der Waals surface area contributed by atoms with Crippen LogP contribution in [0.3, 0.4) is 0 Å². The summed E-state index contributed by atoms with van der Waals surface area (Å²) in [6, 6.07) is 18.0. The van der Waals surface area contributed by atoms with Gasteiger partial charge in [0, 0.05) is 12.7 Å². The Hall–Kier alpha value is -2.29. The molecule has 0 spiro atoms. The van der Waals surface area contributed by atoms with E-state index in [0.717, 1.165) is 5.56 Å². The maximum absolute atomic E-state index is 12.5. The van der Waals surface area contributed by atoms with Gasteiger partial charge in [0.1, 0.15) is 18.3 Å². The number of aliphatic hydroxyl groups excluding tert-OH is 1. The average Bonchev–Trinajstić information content (AvgIpc) is 2.76. The fraction of sp³-hybridized carbons (Fsp3) is 0.381. The molecule has 28 heavy (non-hydrogen) atoms. The molecule has 0 saturated carbocycles. The Labute approximate surface area is 162 Å². The van der Waals surface area contributed by atoms with Gasteiger partial charge in [-0.2, -0.15) is 0 Å². The molecule has 0 unspecified atom stereocenters. The van der Waals surface area contributed by atoms with Crippen LogP contribution in [0.15, 0.2) is 60.7 Å². The van der Waals surface area contributed by atoms with E-state index in [1.54, 1.807) is 30.3 Å². The molecule has 7 nitrogen and oxygen atoms in total. The van der Waals surface area contributed by atoms with Gasteiger partial charge in [0.25, 0.3) is 0 Å². The van der Waals surface area contributed by atoms with Gasteiger partial charge in [0.15, 0.2) is 18.7 Å². The minimum Gasteiger partial charge on any atom is -0.450 e. The van der Waals surface area contributed by atoms with Gasteiger partial charge >= 0.3 is 5.97 Å². The smallest absolute Gasteiger partial charge is 0.338 e. The Morgan fingerprint density at radius 1 is 1.04 bits per heavy atom. The molecular weight excluding hydrogens is 364 g/mol. The molecular formula is C21H22O7. The number of esters is 1. The average molecular weight is 386 g/mol. The Morgan fingerprint density at radius 3 is 2.39 bits per heavy atom. The van der Waals surface area contributed by atoms with Crippen molar-refractivity contribution in [2.45, 2.75) is 37.0 Å². The molecule has 2 heterocycles. The zero-order chi connectivity index (χ0) is 19.5. The molecule has 2 aromatic rings. The normalized spacial score (nSPS) is 32.4. The summed E-state index contributed by atoms with van der Waals surface area (Å²) < 4.78 is 28.4. The Kier molecular flexibility index (Phi) is 5.70. The van der Waals surface area contributed by atoms with Crippen molar-refractivity contribution in [1.29, 1.82) is 0 Å². The van der Waals surface area contributed by atoms with Crippen molar-refractivity contribution in [2.24, 2.45) is 0 Å². The lowest BCUT2D eigenvalue weighted by Gasteiger charge is -2.46. The van der Waals surface area contributed by atoms with Crippen LogP contribution in [0.1, 0.15) is 22.2 Å². The van der Waals surface area contributed by atoms with E-state index in [2.05, 4.69) is 0 Å². The van der Waals surface area contributed by atoms with Crippen LogP contribution in [0.4, 0.5) is 0 Å². The van der Waals surface area contributed by atoms with Crippen LogP contribution in [-0.2, 0) is 23.7 Å². The SMILES string of the molecule is CO[C@H]1O[C@@H]2CO[C@@H](c3ccccc3)O[C@H]2[C@H](O)[C@H]1OC(=O)c1ccccc1. The van der Waals surface area contributed by atoms with Crippen LogP contribution < -0.4 is 0 Å². The minimum atomic E-state index is -1.13. The largest absolute Gasteiger partial charge is 0.450 e. The third-order valence-electron chi connectivity index (χ3n) is 4.87. The first kappa shape index (κ1) is 19.0. The van der Waals surface area contributed by atoms with Gasteiger partial charge in [0.05, 0.1) is 12.2 Å². The Balaban J connectivity index is 1.50. The predicted octanol–water partition coefficient (Wildman–Crippen LogP) is 2.06. The van der Waals surface area contributed by atoms with Gasteiger partial charge in [-0.15, -0.1) is 0 Å². The van der Waals surface area contributed by atoms with E-state index in [4.69, 9.17) is 23.7 Å². The van der Waals surface area contributed by atoms with Gasteiger partial charge in [0.2, 0.25) is 0 Å². The van der Waals surface area contributed by atoms with Crippen LogP contribution in [0.5, 0.6) is 0 Å². The molecule has 2 saturated heterocycles. The van der Waals surface area contributed by atoms with Crippen molar-refractivity contribution in [3.63, 3.8) is 0 Å². The number of fused-ring (bicyclic) bond motifs is 1. The molecule has 0 bridgehead atoms. The number of aliphatic hydroxyl groups is 1. The number of carbonyl (C=O) groups excluding carboxylic acids is 1. The van der Waals surface area contributed by atoms with E-state index in [1.165, 1.54) is 7.11 Å². The van der Waals surface area contributed by atoms with Crippen molar-refractivity contribution in [2.75, 3.05) is 13.7 Å². The maximum Gasteiger partial charge on any atom is 0.338 e. The van der Waals surface area contributed by atoms with E-state index in [0.29, 0.717) is 5.56 Å². The summed E-state index contributed by atoms with van der Waals surface area (Å²) in [5.41, 5.74) is 1.21. The first-order valence-electron chi connectivity index (χ1n) is 9.11. The number of rotatable bonds is 4. The van der Waals surface area contributed by atoms with Gasteiger partial charge in [-0.25, -0.2) is 4.79 Å². The van der Waals surface area contributed by atoms with Crippen molar-refractivity contribution >= 4 is 5.97 Å². The van der Waals surface area contributed by atoms with Crippen LogP contribution in [0.2, 0.25) is 0 Å². The van der Waals surface area contributed by atoms with E-state index >= 15 is 0 Å². The summed E-state index contributed by atoms with van der Waals surface area (Å²) in [5.74, 6) is -0.569. The van der Waals surface area contributed by atoms with E-state index in [9.17, 15) is 9.90 Å². The highest BCUT2D eigenvalue weighted by molar-refractivity contribution is 5.89. The standard InChI is InChI=1S/C21H22O7/c1-24-21-18(27-19(23)13-8-4-2-5-9-13)16(22)17-15(26-21)12-25-20(28-17)14-10-6-3-7-11-14/h2-11,15-18,20-22H,12H2,1H3/t15-,16+,17-,18-,20-,21+/m1/s1. The topological polar surface area (TPSA) is 83.5 Å². The molecule has 0 amide bonds. The molecule has 7 heteroatoms. The summed E-state index contributed by atoms with van der Waals surface area (Å²) in [4.78, 5) is 12.5. The molecule has 2 aromatic carbocycles. The third-order valence-corrected chi connectivity index (χ3v) is 4.87. The van der Waals surface area contributed by atoms with Gasteiger partial charge in [-0.3, -0.25) is 0 Å². The molecule has 0 radical (unpaired) electrons. The lowest BCUT2D eigenvalue weighted by atomic mass is 9.97. The molecule has 6 atom stereocenters. The quantitative estimate of drug-likeness (QED) is 0.806. The fourth-order valence-corrected chi connectivity index (χ4v) is 3.43. The zero-order valence-corrected chi connectivity index (χ0v) is 15.3. The fourth-order valence-electron chi connectivity index (χ4n) is 3.43. The van der Waals surface area contributed by atoms with Gasteiger partial charge < -0.3 is 28.8 Å². The molecule has 2 fully saturated rings. The highest BCUT2D eigenvalue weighted by Crippen LogP contribution is 2.35. The summed E-state index contributed by atoms with van der Waals surface area (Å²) >= 11 is 0. The first-order valence-corrected chi connectivity index (χ1v) is 9.11. The number of hydrogen-bond donors (Lipinski definition) is 1. The van der Waals surface area contributed by atoms with Gasteiger partial charge in [-0.1, -0.05) is 48.5 Å². The highest BCUT2D eigenvalue weighted by atomic mass is 16.8. The molecule has 4 rings (SSSR count). The summed E-state index contributed by atoms with van der Waals surface area (Å²) in [5, 5.41) is 10.9. The van der Waals surface area contributed by atoms with Gasteiger partial charge in [-0.05, 0) is 12.1 Å². The van der Waals surface area contributed by atoms with Crippen molar-refractivity contribution in [3.8, 4) is 0 Å². The molecule has 0 aromatic heterocycles. The Morgan fingerprint density at radius 2 is 1.71 bits per heavy atom.